The Kier molecular flexibility index (Phi) is 18.8. The molecular weight excluding hydrogens is 310 g/mol. The summed E-state index contributed by atoms with van der Waals surface area (Å²) in [5, 5.41) is 1.71. The third-order valence-corrected chi connectivity index (χ3v) is 4.58. The van der Waals surface area contributed by atoms with E-state index in [0.717, 1.165) is 25.9 Å². The van der Waals surface area contributed by atoms with Gasteiger partial charge in [0.2, 0.25) is 0 Å². The number of allylic oxidation sites excluding steroid dienone is 2. The molecule has 0 aromatic carbocycles. The zero-order chi connectivity index (χ0) is 18.6. The summed E-state index contributed by atoms with van der Waals surface area (Å²) < 4.78 is 0. The molecule has 25 heavy (non-hydrogen) atoms. The van der Waals surface area contributed by atoms with Crippen LogP contribution < -0.4 is 0 Å². The van der Waals surface area contributed by atoms with Crippen LogP contribution in [0.2, 0.25) is 0 Å². The van der Waals surface area contributed by atoms with Crippen LogP contribution in [0.1, 0.15) is 111 Å². The number of unbranched alkanes of at least 4 members (excludes halogenated alkanes) is 11. The van der Waals surface area contributed by atoms with Gasteiger partial charge in [0.05, 0.1) is 0 Å². The fraction of sp³-hybridized carbons (Fsp3) is 0.864. The van der Waals surface area contributed by atoms with Crippen molar-refractivity contribution in [2.75, 3.05) is 13.1 Å². The average molecular weight is 354 g/mol. The van der Waals surface area contributed by atoms with Crippen molar-refractivity contribution < 1.29 is 9.63 Å². The molecule has 0 bridgehead atoms. The Labute approximate surface area is 157 Å². The van der Waals surface area contributed by atoms with Gasteiger partial charge in [0.1, 0.15) is 0 Å². The van der Waals surface area contributed by atoms with Gasteiger partial charge >= 0.3 is 5.97 Å². The van der Waals surface area contributed by atoms with E-state index in [2.05, 4.69) is 19.1 Å². The van der Waals surface area contributed by atoms with Crippen LogP contribution >= 0.6 is 0 Å². The van der Waals surface area contributed by atoms with E-state index in [1.807, 2.05) is 13.8 Å². The van der Waals surface area contributed by atoms with Gasteiger partial charge in [0.25, 0.3) is 0 Å². The van der Waals surface area contributed by atoms with Crippen molar-refractivity contribution in [2.24, 2.45) is 0 Å². The summed E-state index contributed by atoms with van der Waals surface area (Å²) in [7, 11) is 0. The lowest BCUT2D eigenvalue weighted by atomic mass is 10.1. The zero-order valence-corrected chi connectivity index (χ0v) is 17.2. The van der Waals surface area contributed by atoms with Crippen LogP contribution in [-0.4, -0.2) is 24.1 Å². The van der Waals surface area contributed by atoms with Crippen LogP contribution in [0.25, 0.3) is 0 Å². The third kappa shape index (κ3) is 17.8. The first kappa shape index (κ1) is 24.2. The molecule has 0 aliphatic heterocycles. The normalized spacial score (nSPS) is 11.5. The third-order valence-electron chi connectivity index (χ3n) is 4.58. The second-order valence-corrected chi connectivity index (χ2v) is 6.91. The molecule has 0 aliphatic carbocycles. The Balaban J connectivity index is 3.28. The van der Waals surface area contributed by atoms with Crippen molar-refractivity contribution in [3.8, 4) is 0 Å². The standard InChI is InChI=1S/C22H43NO2/c1-4-7-8-9-10-11-12-13-14-15-16-17-18-19-20-21-22(24)25-23(5-2)6-3/h13-14H,4-12,15-21H2,1-3H3. The second-order valence-electron chi connectivity index (χ2n) is 6.91. The molecular formula is C22H43NO2. The minimum absolute atomic E-state index is 0.0821. The molecule has 0 aromatic rings. The van der Waals surface area contributed by atoms with Gasteiger partial charge in [-0.25, -0.2) is 0 Å². The van der Waals surface area contributed by atoms with Crippen molar-refractivity contribution in [1.82, 2.24) is 5.06 Å². The van der Waals surface area contributed by atoms with Gasteiger partial charge in [-0.1, -0.05) is 70.4 Å². The highest BCUT2D eigenvalue weighted by Gasteiger charge is 2.07. The lowest BCUT2D eigenvalue weighted by molar-refractivity contribution is -0.188. The topological polar surface area (TPSA) is 29.5 Å². The Morgan fingerprint density at radius 3 is 1.72 bits per heavy atom. The fourth-order valence-electron chi connectivity index (χ4n) is 2.88. The Hall–Kier alpha value is -0.830. The van der Waals surface area contributed by atoms with Crippen molar-refractivity contribution >= 4 is 5.97 Å². The number of hydrogen-bond acceptors (Lipinski definition) is 3. The van der Waals surface area contributed by atoms with E-state index >= 15 is 0 Å². The molecule has 0 aromatic heterocycles. The van der Waals surface area contributed by atoms with Crippen LogP contribution in [0, 0.1) is 0 Å². The van der Waals surface area contributed by atoms with Crippen LogP contribution in [0.3, 0.4) is 0 Å². The molecule has 0 saturated carbocycles. The highest BCUT2D eigenvalue weighted by atomic mass is 16.7. The monoisotopic (exact) mass is 353 g/mol. The van der Waals surface area contributed by atoms with E-state index in [-0.39, 0.29) is 5.97 Å². The molecule has 3 heteroatoms. The minimum atomic E-state index is -0.0821. The predicted molar refractivity (Wildman–Crippen MR) is 108 cm³/mol. The number of carbonyl (C=O) groups is 1. The van der Waals surface area contributed by atoms with E-state index in [0.29, 0.717) is 6.42 Å². The van der Waals surface area contributed by atoms with Crippen molar-refractivity contribution in [2.45, 2.75) is 111 Å². The van der Waals surface area contributed by atoms with Gasteiger partial charge in [0.15, 0.2) is 0 Å². The first-order valence-corrected chi connectivity index (χ1v) is 10.8. The maximum Gasteiger partial charge on any atom is 0.325 e. The number of hydroxylamine groups is 2. The maximum absolute atomic E-state index is 11.6. The van der Waals surface area contributed by atoms with E-state index in [9.17, 15) is 4.79 Å². The smallest absolute Gasteiger partial charge is 0.325 e. The van der Waals surface area contributed by atoms with Crippen LogP contribution in [0.5, 0.6) is 0 Å². The van der Waals surface area contributed by atoms with Gasteiger partial charge in [-0.2, -0.15) is 0 Å². The Morgan fingerprint density at radius 2 is 1.20 bits per heavy atom. The molecule has 0 rings (SSSR count). The molecule has 3 nitrogen and oxygen atoms in total. The predicted octanol–water partition coefficient (Wildman–Crippen LogP) is 6.82. The summed E-state index contributed by atoms with van der Waals surface area (Å²) >= 11 is 0. The molecule has 0 aliphatic rings. The minimum Gasteiger partial charge on any atom is -0.368 e. The average Bonchev–Trinajstić information content (AvgIpc) is 2.62. The highest BCUT2D eigenvalue weighted by Crippen LogP contribution is 2.10. The van der Waals surface area contributed by atoms with Gasteiger partial charge in [0, 0.05) is 19.5 Å². The van der Waals surface area contributed by atoms with Crippen molar-refractivity contribution in [3.63, 3.8) is 0 Å². The summed E-state index contributed by atoms with van der Waals surface area (Å²) in [6.07, 6.45) is 21.9. The summed E-state index contributed by atoms with van der Waals surface area (Å²) in [5.74, 6) is -0.0821. The summed E-state index contributed by atoms with van der Waals surface area (Å²) in [5.41, 5.74) is 0. The number of hydrogen-bond donors (Lipinski definition) is 0. The highest BCUT2D eigenvalue weighted by molar-refractivity contribution is 5.68. The van der Waals surface area contributed by atoms with E-state index in [1.54, 1.807) is 5.06 Å². The SMILES string of the molecule is CCCCCCCCC=CCCCCCCCC(=O)ON(CC)CC. The lowest BCUT2D eigenvalue weighted by Crippen LogP contribution is -2.26. The van der Waals surface area contributed by atoms with Crippen LogP contribution in [0.15, 0.2) is 12.2 Å². The maximum atomic E-state index is 11.6. The van der Waals surface area contributed by atoms with E-state index in [1.165, 1.54) is 70.6 Å². The molecule has 0 amide bonds. The number of carbonyl (C=O) groups excluding carboxylic acids is 1. The van der Waals surface area contributed by atoms with Crippen molar-refractivity contribution in [1.29, 1.82) is 0 Å². The largest absolute Gasteiger partial charge is 0.368 e. The van der Waals surface area contributed by atoms with Crippen LogP contribution in [0.4, 0.5) is 0 Å². The number of rotatable bonds is 18. The molecule has 0 heterocycles. The molecule has 148 valence electrons. The summed E-state index contributed by atoms with van der Waals surface area (Å²) in [6, 6.07) is 0. The molecule has 0 saturated heterocycles. The molecule has 0 N–H and O–H groups in total. The van der Waals surface area contributed by atoms with E-state index < -0.39 is 0 Å². The number of nitrogens with zero attached hydrogens (tertiary/aromatic N) is 1. The van der Waals surface area contributed by atoms with Gasteiger partial charge in [-0.15, -0.1) is 5.06 Å². The van der Waals surface area contributed by atoms with E-state index in [4.69, 9.17) is 4.84 Å². The Bertz CT molecular complexity index is 311. The molecule has 0 unspecified atom stereocenters. The Morgan fingerprint density at radius 1 is 0.720 bits per heavy atom. The van der Waals surface area contributed by atoms with Gasteiger partial charge in [-0.3, -0.25) is 4.79 Å². The van der Waals surface area contributed by atoms with Crippen LogP contribution in [-0.2, 0) is 9.63 Å². The van der Waals surface area contributed by atoms with Crippen molar-refractivity contribution in [3.05, 3.63) is 12.2 Å². The summed E-state index contributed by atoms with van der Waals surface area (Å²) in [6.45, 7) is 7.78. The first-order valence-electron chi connectivity index (χ1n) is 10.8. The lowest BCUT2D eigenvalue weighted by Gasteiger charge is -2.16. The van der Waals surface area contributed by atoms with Gasteiger partial charge < -0.3 is 4.84 Å². The first-order chi connectivity index (χ1) is 12.2. The molecule has 0 atom stereocenters. The molecule has 0 spiro atoms. The second kappa shape index (κ2) is 19.5. The van der Waals surface area contributed by atoms with Gasteiger partial charge in [-0.05, 0) is 46.0 Å². The summed E-state index contributed by atoms with van der Waals surface area (Å²) in [4.78, 5) is 16.9. The molecule has 0 fully saturated rings. The fourth-order valence-corrected chi connectivity index (χ4v) is 2.88. The zero-order valence-electron chi connectivity index (χ0n) is 17.2. The quantitative estimate of drug-likeness (QED) is 0.154. The molecule has 0 radical (unpaired) electrons.